The van der Waals surface area contributed by atoms with Gasteiger partial charge in [-0.1, -0.05) is 22.9 Å². The summed E-state index contributed by atoms with van der Waals surface area (Å²) in [6.45, 7) is 0. The van der Waals surface area contributed by atoms with Crippen molar-refractivity contribution in [3.8, 4) is 0 Å². The fourth-order valence-electron chi connectivity index (χ4n) is 2.36. The first-order chi connectivity index (χ1) is 14.3. The number of unbranched alkanes of at least 4 members (excludes halogenated alkanes) is 3. The third kappa shape index (κ3) is 6.65. The first kappa shape index (κ1) is 28.3. The number of aromatic nitrogens is 1. The van der Waals surface area contributed by atoms with Crippen LogP contribution >= 0.6 is 0 Å². The van der Waals surface area contributed by atoms with Crippen LogP contribution in [0.2, 0.25) is 0 Å². The second-order valence-corrected chi connectivity index (χ2v) is 8.09. The highest BCUT2D eigenvalue weighted by atomic mass is 32.2. The van der Waals surface area contributed by atoms with E-state index in [0.29, 0.717) is 12.4 Å². The van der Waals surface area contributed by atoms with E-state index in [-0.39, 0.29) is 10.4 Å². The molecule has 0 atom stereocenters. The van der Waals surface area contributed by atoms with Gasteiger partial charge in [0, 0.05) is 25.0 Å². The van der Waals surface area contributed by atoms with Crippen molar-refractivity contribution in [3.05, 3.63) is 30.6 Å². The second-order valence-electron chi connectivity index (χ2n) is 6.65. The lowest BCUT2D eigenvalue weighted by molar-refractivity contribution is -0.529. The molecule has 1 aromatic heterocycles. The monoisotopic (exact) mass is 512 g/mol. The van der Waals surface area contributed by atoms with Gasteiger partial charge in [-0.25, -0.2) is 0 Å². The maximum atomic E-state index is 13.8. The van der Waals surface area contributed by atoms with E-state index in [4.69, 9.17) is 0 Å². The standard InChI is InChI=1S/C16H17F11NO3S/c17-12(18,8-4-1-2-5-9-13(19,20)21)14(22,23)15(24,25)16(26,27)31-32(29,30)28-10-6-3-7-11-28/h3,6-7,10-11H,1-2,4-5,8-9H2/q+1. The Hall–Kier alpha value is -1.71. The zero-order valence-electron chi connectivity index (χ0n) is 15.9. The van der Waals surface area contributed by atoms with Crippen molar-refractivity contribution in [3.63, 3.8) is 0 Å². The molecule has 0 aromatic carbocycles. The predicted octanol–water partition coefficient (Wildman–Crippen LogP) is 5.49. The van der Waals surface area contributed by atoms with Gasteiger partial charge in [0.2, 0.25) is 0 Å². The van der Waals surface area contributed by atoms with Crippen molar-refractivity contribution in [1.29, 1.82) is 0 Å². The van der Waals surface area contributed by atoms with Gasteiger partial charge in [-0.3, -0.25) is 0 Å². The smallest absolute Gasteiger partial charge is 0.200 e. The summed E-state index contributed by atoms with van der Waals surface area (Å²) in [6, 6.07) is 3.03. The summed E-state index contributed by atoms with van der Waals surface area (Å²) < 4.78 is 172. The fourth-order valence-corrected chi connectivity index (χ4v) is 3.25. The summed E-state index contributed by atoms with van der Waals surface area (Å²) >= 11 is 0. The largest absolute Gasteiger partial charge is 0.519 e. The highest BCUT2D eigenvalue weighted by Crippen LogP contribution is 2.54. The minimum Gasteiger partial charge on any atom is -0.200 e. The van der Waals surface area contributed by atoms with E-state index in [9.17, 15) is 56.7 Å². The normalized spacial score (nSPS) is 14.6. The van der Waals surface area contributed by atoms with Crippen molar-refractivity contribution in [2.45, 2.75) is 68.6 Å². The highest BCUT2D eigenvalue weighted by Gasteiger charge is 2.82. The Morgan fingerprint density at radius 2 is 1.12 bits per heavy atom. The van der Waals surface area contributed by atoms with Gasteiger partial charge in [0.1, 0.15) is 0 Å². The van der Waals surface area contributed by atoms with Gasteiger partial charge in [0.05, 0.1) is 0 Å². The van der Waals surface area contributed by atoms with E-state index < -0.39 is 72.5 Å². The molecule has 1 heterocycles. The number of alkyl halides is 11. The molecule has 0 bridgehead atoms. The summed E-state index contributed by atoms with van der Waals surface area (Å²) in [4.78, 5) is 0. The summed E-state index contributed by atoms with van der Waals surface area (Å²) in [6.07, 6.45) is -15.8. The molecule has 0 fully saturated rings. The molecule has 16 heteroatoms. The summed E-state index contributed by atoms with van der Waals surface area (Å²) in [7, 11) is -5.83. The molecular weight excluding hydrogens is 495 g/mol. The van der Waals surface area contributed by atoms with E-state index in [1.165, 1.54) is 6.07 Å². The van der Waals surface area contributed by atoms with Crippen LogP contribution in [0.25, 0.3) is 0 Å². The Balaban J connectivity index is 2.91. The van der Waals surface area contributed by atoms with Crippen LogP contribution in [0.5, 0.6) is 0 Å². The molecule has 0 amide bonds. The van der Waals surface area contributed by atoms with Crippen molar-refractivity contribution in [2.75, 3.05) is 0 Å². The maximum Gasteiger partial charge on any atom is 0.519 e. The Morgan fingerprint density at radius 1 is 0.656 bits per heavy atom. The zero-order chi connectivity index (χ0) is 25.1. The van der Waals surface area contributed by atoms with Crippen LogP contribution in [-0.2, 0) is 14.5 Å². The summed E-state index contributed by atoms with van der Waals surface area (Å²) in [5.74, 6) is -19.5. The average Bonchev–Trinajstić information content (AvgIpc) is 2.63. The predicted molar refractivity (Wildman–Crippen MR) is 85.6 cm³/mol. The third-order valence-corrected chi connectivity index (χ3v) is 5.26. The molecule has 1 aromatic rings. The Labute approximate surface area is 175 Å². The number of rotatable bonds is 12. The van der Waals surface area contributed by atoms with Gasteiger partial charge in [0.25, 0.3) is 0 Å². The molecule has 0 N–H and O–H groups in total. The summed E-state index contributed by atoms with van der Waals surface area (Å²) in [5, 5.41) is 0. The van der Waals surface area contributed by atoms with E-state index in [1.807, 2.05) is 0 Å². The molecule has 0 spiro atoms. The van der Waals surface area contributed by atoms with Gasteiger partial charge in [-0.2, -0.15) is 48.3 Å². The van der Waals surface area contributed by atoms with Crippen molar-refractivity contribution in [1.82, 2.24) is 0 Å². The Morgan fingerprint density at radius 3 is 1.59 bits per heavy atom. The first-order valence-corrected chi connectivity index (χ1v) is 10.1. The second kappa shape index (κ2) is 9.65. The molecule has 0 radical (unpaired) electrons. The number of hydrogen-bond acceptors (Lipinski definition) is 3. The van der Waals surface area contributed by atoms with Crippen LogP contribution < -0.4 is 3.97 Å². The van der Waals surface area contributed by atoms with Crippen molar-refractivity contribution >= 4 is 10.3 Å². The maximum absolute atomic E-state index is 13.8. The Bertz CT molecular complexity index is 843. The molecule has 0 aliphatic rings. The molecule has 0 saturated heterocycles. The van der Waals surface area contributed by atoms with E-state index >= 15 is 0 Å². The first-order valence-electron chi connectivity index (χ1n) is 8.77. The lowest BCUT2D eigenvalue weighted by Gasteiger charge is -2.35. The molecule has 0 unspecified atom stereocenters. The van der Waals surface area contributed by atoms with Crippen LogP contribution in [-0.4, -0.2) is 38.5 Å². The van der Waals surface area contributed by atoms with E-state index in [1.54, 1.807) is 0 Å². The highest BCUT2D eigenvalue weighted by molar-refractivity contribution is 7.80. The molecule has 0 aliphatic heterocycles. The van der Waals surface area contributed by atoms with Crippen LogP contribution in [0.15, 0.2) is 30.6 Å². The van der Waals surface area contributed by atoms with Crippen LogP contribution in [0.4, 0.5) is 48.3 Å². The van der Waals surface area contributed by atoms with Gasteiger partial charge >= 0.3 is 40.4 Å². The van der Waals surface area contributed by atoms with Gasteiger partial charge in [-0.05, 0) is 12.8 Å². The molecule has 32 heavy (non-hydrogen) atoms. The number of hydrogen-bond donors (Lipinski definition) is 0. The van der Waals surface area contributed by atoms with Crippen LogP contribution in [0.1, 0.15) is 38.5 Å². The van der Waals surface area contributed by atoms with Crippen LogP contribution in [0, 0.1) is 0 Å². The molecule has 4 nitrogen and oxygen atoms in total. The van der Waals surface area contributed by atoms with E-state index in [0.717, 1.165) is 12.1 Å². The molecule has 186 valence electrons. The number of pyridine rings is 1. The van der Waals surface area contributed by atoms with E-state index in [2.05, 4.69) is 4.18 Å². The summed E-state index contributed by atoms with van der Waals surface area (Å²) in [5.41, 5.74) is 0. The number of nitrogens with zero attached hydrogens (tertiary/aromatic N) is 1. The zero-order valence-corrected chi connectivity index (χ0v) is 16.7. The van der Waals surface area contributed by atoms with Gasteiger partial charge in [-0.15, -0.1) is 12.6 Å². The van der Waals surface area contributed by atoms with Crippen molar-refractivity contribution < 1.29 is 64.9 Å². The Kier molecular flexibility index (Phi) is 8.54. The molecule has 1 rings (SSSR count). The van der Waals surface area contributed by atoms with Gasteiger partial charge in [0.15, 0.2) is 12.4 Å². The molecular formula is C16H17F11NO3S+. The minimum atomic E-state index is -6.98. The SMILES string of the molecule is O=S(=O)(OC(F)(F)C(F)(F)C(F)(F)C(F)(F)CCCCCCC(F)(F)F)[n+]1ccccc1. The lowest BCUT2D eigenvalue weighted by Crippen LogP contribution is -2.64. The average molecular weight is 512 g/mol. The number of halogens is 11. The quantitative estimate of drug-likeness (QED) is 0.212. The van der Waals surface area contributed by atoms with Crippen molar-refractivity contribution in [2.24, 2.45) is 0 Å². The van der Waals surface area contributed by atoms with Gasteiger partial charge < -0.3 is 0 Å². The molecule has 0 aliphatic carbocycles. The fraction of sp³-hybridized carbons (Fsp3) is 0.688. The minimum absolute atomic E-state index is 0.186. The topological polar surface area (TPSA) is 47.3 Å². The van der Waals surface area contributed by atoms with Crippen LogP contribution in [0.3, 0.4) is 0 Å². The lowest BCUT2D eigenvalue weighted by atomic mass is 9.97. The molecule has 0 saturated carbocycles. The third-order valence-electron chi connectivity index (χ3n) is 4.08.